The maximum atomic E-state index is 12.6. The van der Waals surface area contributed by atoms with Crippen molar-refractivity contribution in [2.45, 2.75) is 25.3 Å². The average Bonchev–Trinajstić information content (AvgIpc) is 2.50. The molecular weight excluding hydrogens is 298 g/mol. The van der Waals surface area contributed by atoms with Crippen LogP contribution in [0, 0.1) is 13.8 Å². The van der Waals surface area contributed by atoms with Gasteiger partial charge >= 0.3 is 0 Å². The SMILES string of the molecule is COc1cccc(CN(C)S(=O)(=O)c2ccc(C)c(C)c2)c1. The Morgan fingerprint density at radius 1 is 1.05 bits per heavy atom. The van der Waals surface area contributed by atoms with Crippen molar-refractivity contribution in [3.63, 3.8) is 0 Å². The van der Waals surface area contributed by atoms with E-state index in [-0.39, 0.29) is 0 Å². The molecule has 0 saturated heterocycles. The van der Waals surface area contributed by atoms with Gasteiger partial charge in [-0.3, -0.25) is 0 Å². The van der Waals surface area contributed by atoms with Crippen LogP contribution in [0.4, 0.5) is 0 Å². The monoisotopic (exact) mass is 319 g/mol. The fourth-order valence-corrected chi connectivity index (χ4v) is 3.41. The molecule has 0 amide bonds. The van der Waals surface area contributed by atoms with Gasteiger partial charge in [-0.15, -0.1) is 0 Å². The molecule has 0 aliphatic rings. The van der Waals surface area contributed by atoms with Crippen LogP contribution >= 0.6 is 0 Å². The Kier molecular flexibility index (Phi) is 4.88. The van der Waals surface area contributed by atoms with E-state index in [1.165, 1.54) is 4.31 Å². The third-order valence-electron chi connectivity index (χ3n) is 3.73. The third kappa shape index (κ3) is 3.48. The number of aryl methyl sites for hydroxylation is 2. The van der Waals surface area contributed by atoms with Gasteiger partial charge in [-0.2, -0.15) is 4.31 Å². The Morgan fingerprint density at radius 2 is 1.77 bits per heavy atom. The molecule has 0 bridgehead atoms. The Hall–Kier alpha value is -1.85. The van der Waals surface area contributed by atoms with Crippen molar-refractivity contribution in [2.24, 2.45) is 0 Å². The van der Waals surface area contributed by atoms with Crippen LogP contribution in [0.1, 0.15) is 16.7 Å². The summed E-state index contributed by atoms with van der Waals surface area (Å²) in [6.45, 7) is 4.18. The van der Waals surface area contributed by atoms with Crippen LogP contribution in [0.2, 0.25) is 0 Å². The second kappa shape index (κ2) is 6.50. The van der Waals surface area contributed by atoms with E-state index in [9.17, 15) is 8.42 Å². The lowest BCUT2D eigenvalue weighted by Crippen LogP contribution is -2.26. The Morgan fingerprint density at radius 3 is 2.41 bits per heavy atom. The van der Waals surface area contributed by atoms with Crippen LogP contribution in [-0.4, -0.2) is 26.9 Å². The normalized spacial score (nSPS) is 11.7. The lowest BCUT2D eigenvalue weighted by atomic mass is 10.1. The van der Waals surface area contributed by atoms with Gasteiger partial charge in [0.05, 0.1) is 12.0 Å². The van der Waals surface area contributed by atoms with Crippen LogP contribution in [0.5, 0.6) is 5.75 Å². The van der Waals surface area contributed by atoms with Crippen molar-refractivity contribution < 1.29 is 13.2 Å². The quantitative estimate of drug-likeness (QED) is 0.850. The molecule has 0 N–H and O–H groups in total. The standard InChI is InChI=1S/C17H21NO3S/c1-13-8-9-17(10-14(13)2)22(19,20)18(3)12-15-6-5-7-16(11-15)21-4/h5-11H,12H2,1-4H3. The molecule has 0 saturated carbocycles. The van der Waals surface area contributed by atoms with Gasteiger partial charge in [-0.05, 0) is 54.8 Å². The van der Waals surface area contributed by atoms with E-state index in [0.29, 0.717) is 11.4 Å². The van der Waals surface area contributed by atoms with Gasteiger partial charge in [0, 0.05) is 13.6 Å². The highest BCUT2D eigenvalue weighted by atomic mass is 32.2. The van der Waals surface area contributed by atoms with Crippen molar-refractivity contribution in [1.29, 1.82) is 0 Å². The van der Waals surface area contributed by atoms with Crippen molar-refractivity contribution in [2.75, 3.05) is 14.2 Å². The first-order chi connectivity index (χ1) is 10.3. The van der Waals surface area contributed by atoms with Crippen molar-refractivity contribution in [1.82, 2.24) is 4.31 Å². The Bertz CT molecular complexity index is 769. The number of sulfonamides is 1. The summed E-state index contributed by atoms with van der Waals surface area (Å²) in [5, 5.41) is 0. The average molecular weight is 319 g/mol. The second-order valence-electron chi connectivity index (χ2n) is 5.36. The third-order valence-corrected chi connectivity index (χ3v) is 5.53. The summed E-state index contributed by atoms with van der Waals surface area (Å²) in [6, 6.07) is 12.6. The van der Waals surface area contributed by atoms with E-state index >= 15 is 0 Å². The molecule has 0 fully saturated rings. The van der Waals surface area contributed by atoms with Gasteiger partial charge in [0.1, 0.15) is 5.75 Å². The smallest absolute Gasteiger partial charge is 0.243 e. The first kappa shape index (κ1) is 16.5. The molecule has 0 aliphatic heterocycles. The summed E-state index contributed by atoms with van der Waals surface area (Å²) in [6.07, 6.45) is 0. The van der Waals surface area contributed by atoms with Crippen LogP contribution in [-0.2, 0) is 16.6 Å². The van der Waals surface area contributed by atoms with E-state index in [1.54, 1.807) is 26.3 Å². The molecule has 0 heterocycles. The van der Waals surface area contributed by atoms with Gasteiger partial charge in [-0.25, -0.2) is 8.42 Å². The number of hydrogen-bond acceptors (Lipinski definition) is 3. The molecular formula is C17H21NO3S. The van der Waals surface area contributed by atoms with Crippen molar-refractivity contribution in [3.05, 3.63) is 59.2 Å². The maximum Gasteiger partial charge on any atom is 0.243 e. The van der Waals surface area contributed by atoms with Crippen LogP contribution < -0.4 is 4.74 Å². The highest BCUT2D eigenvalue weighted by Crippen LogP contribution is 2.21. The number of methoxy groups -OCH3 is 1. The van der Waals surface area contributed by atoms with E-state index in [1.807, 2.05) is 44.2 Å². The summed E-state index contributed by atoms with van der Waals surface area (Å²) in [7, 11) is -0.324. The zero-order chi connectivity index (χ0) is 16.3. The van der Waals surface area contributed by atoms with Crippen LogP contribution in [0.15, 0.2) is 47.4 Å². The minimum atomic E-state index is -3.50. The van der Waals surface area contributed by atoms with Crippen LogP contribution in [0.25, 0.3) is 0 Å². The Balaban J connectivity index is 2.26. The summed E-state index contributed by atoms with van der Waals surface area (Å²) in [5.74, 6) is 0.717. The van der Waals surface area contributed by atoms with Gasteiger partial charge in [-0.1, -0.05) is 18.2 Å². The molecule has 0 spiro atoms. The maximum absolute atomic E-state index is 12.6. The summed E-state index contributed by atoms with van der Waals surface area (Å²) >= 11 is 0. The van der Waals surface area contributed by atoms with E-state index in [2.05, 4.69) is 0 Å². The van der Waals surface area contributed by atoms with E-state index in [4.69, 9.17) is 4.74 Å². The summed E-state index contributed by atoms with van der Waals surface area (Å²) < 4.78 is 31.8. The fourth-order valence-electron chi connectivity index (χ4n) is 2.17. The first-order valence-electron chi connectivity index (χ1n) is 7.01. The molecule has 0 radical (unpaired) electrons. The highest BCUT2D eigenvalue weighted by Gasteiger charge is 2.21. The summed E-state index contributed by atoms with van der Waals surface area (Å²) in [5.41, 5.74) is 2.93. The molecule has 2 aromatic carbocycles. The zero-order valence-corrected chi connectivity index (χ0v) is 14.1. The topological polar surface area (TPSA) is 46.6 Å². The number of hydrogen-bond donors (Lipinski definition) is 0. The minimum Gasteiger partial charge on any atom is -0.497 e. The van der Waals surface area contributed by atoms with E-state index < -0.39 is 10.0 Å². The largest absolute Gasteiger partial charge is 0.497 e. The first-order valence-corrected chi connectivity index (χ1v) is 8.45. The van der Waals surface area contributed by atoms with Gasteiger partial charge in [0.2, 0.25) is 10.0 Å². The predicted octanol–water partition coefficient (Wildman–Crippen LogP) is 3.13. The Labute approximate surface area is 132 Å². The molecule has 118 valence electrons. The lowest BCUT2D eigenvalue weighted by molar-refractivity contribution is 0.412. The highest BCUT2D eigenvalue weighted by molar-refractivity contribution is 7.89. The number of ether oxygens (including phenoxy) is 1. The molecule has 2 aromatic rings. The van der Waals surface area contributed by atoms with E-state index in [0.717, 1.165) is 22.4 Å². The molecule has 4 nitrogen and oxygen atoms in total. The minimum absolute atomic E-state index is 0.298. The number of nitrogens with zero attached hydrogens (tertiary/aromatic N) is 1. The predicted molar refractivity (Wildman–Crippen MR) is 87.6 cm³/mol. The fraction of sp³-hybridized carbons (Fsp3) is 0.294. The van der Waals surface area contributed by atoms with Gasteiger partial charge in [0.15, 0.2) is 0 Å². The number of benzene rings is 2. The van der Waals surface area contributed by atoms with Crippen molar-refractivity contribution in [3.8, 4) is 5.75 Å². The molecule has 0 atom stereocenters. The number of rotatable bonds is 5. The molecule has 2 rings (SSSR count). The van der Waals surface area contributed by atoms with Crippen molar-refractivity contribution >= 4 is 10.0 Å². The summed E-state index contributed by atoms with van der Waals surface area (Å²) in [4.78, 5) is 0.320. The second-order valence-corrected chi connectivity index (χ2v) is 7.40. The lowest BCUT2D eigenvalue weighted by Gasteiger charge is -2.18. The molecule has 22 heavy (non-hydrogen) atoms. The molecule has 0 aliphatic carbocycles. The zero-order valence-electron chi connectivity index (χ0n) is 13.3. The molecule has 0 unspecified atom stereocenters. The molecule has 5 heteroatoms. The van der Waals surface area contributed by atoms with Crippen LogP contribution in [0.3, 0.4) is 0 Å². The van der Waals surface area contributed by atoms with Gasteiger partial charge in [0.25, 0.3) is 0 Å². The van der Waals surface area contributed by atoms with Gasteiger partial charge < -0.3 is 4.74 Å². The molecule has 0 aromatic heterocycles.